The number of ether oxygens (including phenoxy) is 1. The van der Waals surface area contributed by atoms with Gasteiger partial charge in [-0.1, -0.05) is 30.5 Å². The molecule has 0 bridgehead atoms. The maximum absolute atomic E-state index is 6.46. The van der Waals surface area contributed by atoms with E-state index >= 15 is 0 Å². The number of hydrogen-bond donors (Lipinski definition) is 1. The fraction of sp³-hybridized carbons (Fsp3) is 0.333. The molecule has 0 unspecified atom stereocenters. The highest BCUT2D eigenvalue weighted by atomic mass is 35.5. The lowest BCUT2D eigenvalue weighted by Gasteiger charge is -2.27. The molecule has 5 nitrogen and oxygen atoms in total. The van der Waals surface area contributed by atoms with Crippen LogP contribution in [0.5, 0.6) is 5.75 Å². The van der Waals surface area contributed by atoms with Crippen LogP contribution in [-0.2, 0) is 0 Å². The van der Waals surface area contributed by atoms with Crippen LogP contribution >= 0.6 is 23.8 Å². The Morgan fingerprint density at radius 3 is 2.71 bits per heavy atom. The van der Waals surface area contributed by atoms with E-state index in [9.17, 15) is 0 Å². The van der Waals surface area contributed by atoms with Gasteiger partial charge in [-0.15, -0.1) is 0 Å². The molecule has 1 aliphatic carbocycles. The number of pyridine rings is 1. The van der Waals surface area contributed by atoms with Crippen LogP contribution in [0.1, 0.15) is 55.1 Å². The third-order valence-electron chi connectivity index (χ3n) is 6.34. The zero-order chi connectivity index (χ0) is 21.4. The third-order valence-corrected chi connectivity index (χ3v) is 6.95. The fourth-order valence-electron chi connectivity index (χ4n) is 4.81. The Morgan fingerprint density at radius 2 is 2.00 bits per heavy atom. The molecule has 1 aromatic carbocycles. The van der Waals surface area contributed by atoms with Crippen molar-refractivity contribution in [2.24, 2.45) is 0 Å². The molecule has 1 saturated heterocycles. The first kappa shape index (κ1) is 20.3. The lowest BCUT2D eigenvalue weighted by Crippen LogP contribution is -2.29. The van der Waals surface area contributed by atoms with Gasteiger partial charge in [-0.2, -0.15) is 0 Å². The molecule has 1 saturated carbocycles. The number of thiocarbonyl (C=S) groups is 1. The van der Waals surface area contributed by atoms with Gasteiger partial charge in [0.25, 0.3) is 0 Å². The molecule has 1 N–H and O–H groups in total. The van der Waals surface area contributed by atoms with E-state index in [0.29, 0.717) is 21.9 Å². The highest BCUT2D eigenvalue weighted by molar-refractivity contribution is 7.80. The molecule has 1 aliphatic heterocycles. The van der Waals surface area contributed by atoms with Crippen molar-refractivity contribution in [1.82, 2.24) is 14.9 Å². The molecule has 2 aromatic heterocycles. The van der Waals surface area contributed by atoms with Crippen molar-refractivity contribution in [2.45, 2.75) is 43.8 Å². The smallest absolute Gasteiger partial charge is 0.174 e. The van der Waals surface area contributed by atoms with Crippen LogP contribution in [0.25, 0.3) is 0 Å². The number of anilines is 1. The topological polar surface area (TPSA) is 42.3 Å². The largest absolute Gasteiger partial charge is 0.495 e. The molecule has 2 aliphatic rings. The van der Waals surface area contributed by atoms with E-state index in [1.165, 1.54) is 31.2 Å². The molecule has 2 atom stereocenters. The number of rotatable bonds is 5. The highest BCUT2D eigenvalue weighted by Crippen LogP contribution is 2.43. The number of benzene rings is 1. The molecule has 0 amide bonds. The van der Waals surface area contributed by atoms with Gasteiger partial charge in [-0.05, 0) is 67.0 Å². The van der Waals surface area contributed by atoms with Crippen molar-refractivity contribution in [3.63, 3.8) is 0 Å². The van der Waals surface area contributed by atoms with Gasteiger partial charge < -0.3 is 19.5 Å². The second kappa shape index (κ2) is 8.52. The molecule has 0 spiro atoms. The van der Waals surface area contributed by atoms with Crippen LogP contribution in [0, 0.1) is 0 Å². The van der Waals surface area contributed by atoms with Gasteiger partial charge in [0.15, 0.2) is 5.11 Å². The quantitative estimate of drug-likeness (QED) is 0.493. The van der Waals surface area contributed by atoms with Crippen LogP contribution in [0.15, 0.2) is 61.1 Å². The molecule has 2 fully saturated rings. The van der Waals surface area contributed by atoms with Gasteiger partial charge in [-0.3, -0.25) is 4.98 Å². The van der Waals surface area contributed by atoms with E-state index in [4.69, 9.17) is 28.6 Å². The molecule has 3 aromatic rings. The Kier molecular flexibility index (Phi) is 5.59. The van der Waals surface area contributed by atoms with Crippen molar-refractivity contribution in [3.8, 4) is 5.75 Å². The number of halogens is 1. The summed E-state index contributed by atoms with van der Waals surface area (Å²) in [5.74, 6) is 0.647. The van der Waals surface area contributed by atoms with Crippen LogP contribution in [0.4, 0.5) is 5.69 Å². The minimum Gasteiger partial charge on any atom is -0.495 e. The van der Waals surface area contributed by atoms with Gasteiger partial charge in [-0.25, -0.2) is 0 Å². The Labute approximate surface area is 193 Å². The summed E-state index contributed by atoms with van der Waals surface area (Å²) in [4.78, 5) is 6.77. The summed E-state index contributed by atoms with van der Waals surface area (Å²) in [6, 6.07) is 14.5. The molecule has 3 heterocycles. The minimum atomic E-state index is -0.0611. The van der Waals surface area contributed by atoms with Gasteiger partial charge in [0.2, 0.25) is 0 Å². The number of hydrogen-bond acceptors (Lipinski definition) is 3. The van der Waals surface area contributed by atoms with Gasteiger partial charge in [0.05, 0.1) is 29.9 Å². The van der Waals surface area contributed by atoms with Crippen molar-refractivity contribution < 1.29 is 4.74 Å². The third kappa shape index (κ3) is 3.79. The Bertz CT molecular complexity index is 1080. The summed E-state index contributed by atoms with van der Waals surface area (Å²) in [5.41, 5.74) is 3.10. The van der Waals surface area contributed by atoms with Gasteiger partial charge >= 0.3 is 0 Å². The summed E-state index contributed by atoms with van der Waals surface area (Å²) in [7, 11) is 1.62. The van der Waals surface area contributed by atoms with E-state index in [0.717, 1.165) is 11.4 Å². The zero-order valence-corrected chi connectivity index (χ0v) is 18.9. The summed E-state index contributed by atoms with van der Waals surface area (Å²) in [5, 5.41) is 4.73. The molecule has 0 radical (unpaired) electrons. The van der Waals surface area contributed by atoms with Crippen molar-refractivity contribution in [1.29, 1.82) is 0 Å². The molecular formula is C24H25ClN4OS. The number of nitrogens with one attached hydrogen (secondary N) is 1. The molecular weight excluding hydrogens is 428 g/mol. The Morgan fingerprint density at radius 1 is 1.16 bits per heavy atom. The summed E-state index contributed by atoms with van der Waals surface area (Å²) >= 11 is 12.3. The standard InChI is InChI=1S/C24H25ClN4OS/c1-30-21-10-9-18(14-19(21)25)29-23(16-11-13-28(15-16)17-6-2-3-7-17)22(27-24(29)31)20-8-4-5-12-26-20/h4-5,8-15,17,22-23H,2-3,6-7H2,1H3,(H,27,31)/t22-,23-/m1/s1. The fourth-order valence-corrected chi connectivity index (χ4v) is 5.41. The summed E-state index contributed by atoms with van der Waals surface area (Å²) < 4.78 is 7.71. The molecule has 31 heavy (non-hydrogen) atoms. The number of nitrogens with zero attached hydrogens (tertiary/aromatic N) is 3. The minimum absolute atomic E-state index is 0.0329. The monoisotopic (exact) mass is 452 g/mol. The predicted molar refractivity (Wildman–Crippen MR) is 128 cm³/mol. The molecule has 5 rings (SSSR count). The number of methoxy groups -OCH3 is 1. The van der Waals surface area contributed by atoms with Gasteiger partial charge in [0, 0.05) is 30.3 Å². The maximum atomic E-state index is 6.46. The highest BCUT2D eigenvalue weighted by Gasteiger charge is 2.41. The molecule has 7 heteroatoms. The number of aromatic nitrogens is 2. The van der Waals surface area contributed by atoms with Crippen LogP contribution < -0.4 is 15.0 Å². The first-order valence-corrected chi connectivity index (χ1v) is 11.5. The summed E-state index contributed by atoms with van der Waals surface area (Å²) in [6.07, 6.45) is 11.4. The second-order valence-electron chi connectivity index (χ2n) is 8.15. The average Bonchev–Trinajstić information content (AvgIpc) is 3.53. The van der Waals surface area contributed by atoms with Crippen molar-refractivity contribution >= 4 is 34.6 Å². The van der Waals surface area contributed by atoms with E-state index in [-0.39, 0.29) is 12.1 Å². The lowest BCUT2D eigenvalue weighted by molar-refractivity contribution is 0.415. The van der Waals surface area contributed by atoms with Crippen LogP contribution in [0.2, 0.25) is 5.02 Å². The SMILES string of the molecule is COc1ccc(N2C(=S)N[C@H](c3ccccn3)[C@H]2c2ccn(C3CCCC3)c2)cc1Cl. The first-order chi connectivity index (χ1) is 15.2. The van der Waals surface area contributed by atoms with Crippen LogP contribution in [0.3, 0.4) is 0 Å². The van der Waals surface area contributed by atoms with Crippen LogP contribution in [-0.4, -0.2) is 21.8 Å². The predicted octanol–water partition coefficient (Wildman–Crippen LogP) is 5.84. The van der Waals surface area contributed by atoms with Crippen molar-refractivity contribution in [2.75, 3.05) is 12.0 Å². The van der Waals surface area contributed by atoms with E-state index < -0.39 is 0 Å². The molecule has 160 valence electrons. The Hall–Kier alpha value is -2.57. The normalized spacial score (nSPS) is 21.5. The average molecular weight is 453 g/mol. The van der Waals surface area contributed by atoms with Crippen molar-refractivity contribution in [3.05, 3.63) is 77.3 Å². The van der Waals surface area contributed by atoms with E-state index in [1.54, 1.807) is 7.11 Å². The van der Waals surface area contributed by atoms with E-state index in [1.807, 2.05) is 42.6 Å². The zero-order valence-electron chi connectivity index (χ0n) is 17.4. The lowest BCUT2D eigenvalue weighted by atomic mass is 9.98. The Balaban J connectivity index is 1.57. The first-order valence-electron chi connectivity index (χ1n) is 10.7. The van der Waals surface area contributed by atoms with Gasteiger partial charge in [0.1, 0.15) is 5.75 Å². The van der Waals surface area contributed by atoms with E-state index in [2.05, 4.69) is 38.2 Å². The second-order valence-corrected chi connectivity index (χ2v) is 8.94. The summed E-state index contributed by atoms with van der Waals surface area (Å²) in [6.45, 7) is 0. The maximum Gasteiger partial charge on any atom is 0.174 e.